The van der Waals surface area contributed by atoms with Gasteiger partial charge in [-0.25, -0.2) is 0 Å². The van der Waals surface area contributed by atoms with Crippen molar-refractivity contribution in [2.45, 2.75) is 31.1 Å². The Morgan fingerprint density at radius 1 is 1.56 bits per heavy atom. The first-order valence-electron chi connectivity index (χ1n) is 3.17. The normalized spacial score (nSPS) is 17.3. The minimum Gasteiger partial charge on any atom is -0.392 e. The summed E-state index contributed by atoms with van der Waals surface area (Å²) in [5.74, 6) is 0.539. The molecule has 0 aromatic carbocycles. The number of aliphatic hydroxyl groups is 1. The molecule has 0 spiro atoms. The van der Waals surface area contributed by atoms with E-state index in [0.717, 1.165) is 12.8 Å². The first-order chi connectivity index (χ1) is 4.20. The van der Waals surface area contributed by atoms with E-state index in [0.29, 0.717) is 11.0 Å². The molecule has 9 heavy (non-hydrogen) atoms. The Hall–Kier alpha value is 0.660. The second kappa shape index (κ2) is 5.45. The van der Waals surface area contributed by atoms with E-state index in [4.69, 9.17) is 5.11 Å². The summed E-state index contributed by atoms with van der Waals surface area (Å²) in [7, 11) is 0. The molecule has 1 N–H and O–H groups in total. The van der Waals surface area contributed by atoms with Gasteiger partial charge in [-0.1, -0.05) is 6.92 Å². The lowest BCUT2D eigenvalue weighted by atomic mass is 10.2. The smallest absolute Gasteiger partial charge is 0.0638 e. The Balaban J connectivity index is 3.22. The number of aliphatic hydroxyl groups excluding tert-OH is 1. The summed E-state index contributed by atoms with van der Waals surface area (Å²) in [5.41, 5.74) is 0. The van der Waals surface area contributed by atoms with Crippen LogP contribution in [0.3, 0.4) is 0 Å². The molecule has 0 saturated heterocycles. The fourth-order valence-corrected chi connectivity index (χ4v) is 0.948. The molecule has 0 radical (unpaired) electrons. The van der Waals surface area contributed by atoms with E-state index >= 15 is 0 Å². The third kappa shape index (κ3) is 5.12. The van der Waals surface area contributed by atoms with Crippen molar-refractivity contribution in [2.24, 2.45) is 0 Å². The summed E-state index contributed by atoms with van der Waals surface area (Å²) in [5, 5.41) is 9.36. The zero-order valence-corrected chi connectivity index (χ0v) is 7.41. The second-order valence-electron chi connectivity index (χ2n) is 2.13. The van der Waals surface area contributed by atoms with E-state index in [9.17, 15) is 0 Å². The minimum atomic E-state index is -0.282. The van der Waals surface area contributed by atoms with E-state index in [1.165, 1.54) is 0 Å². The highest BCUT2D eigenvalue weighted by Crippen LogP contribution is 2.09. The minimum absolute atomic E-state index is 0.282. The Labute approximate surface area is 67.7 Å². The lowest BCUT2D eigenvalue weighted by molar-refractivity contribution is 0.188. The summed E-state index contributed by atoms with van der Waals surface area (Å²) in [4.78, 5) is 0. The van der Waals surface area contributed by atoms with Crippen LogP contribution in [0.1, 0.15) is 19.8 Å². The molecule has 0 aliphatic carbocycles. The molecule has 2 atom stereocenters. The summed E-state index contributed by atoms with van der Waals surface area (Å²) < 4.78 is 0. The van der Waals surface area contributed by atoms with Crippen molar-refractivity contribution in [3.8, 4) is 0 Å². The molecule has 0 bridgehead atoms. The fraction of sp³-hybridized carbons (Fsp3) is 1.00. The highest BCUT2D eigenvalue weighted by atomic mass is 32.1. The molecule has 56 valence electrons. The second-order valence-corrected chi connectivity index (χ2v) is 3.23. The van der Waals surface area contributed by atoms with Gasteiger partial charge in [-0.15, -0.1) is 0 Å². The molecule has 0 aromatic heterocycles. The summed E-state index contributed by atoms with van der Waals surface area (Å²) in [6, 6.07) is 0. The first kappa shape index (κ1) is 9.66. The summed E-state index contributed by atoms with van der Waals surface area (Å²) >= 11 is 8.17. The van der Waals surface area contributed by atoms with Gasteiger partial charge in [0.15, 0.2) is 0 Å². The van der Waals surface area contributed by atoms with E-state index in [-0.39, 0.29) is 6.10 Å². The van der Waals surface area contributed by atoms with Crippen molar-refractivity contribution in [1.82, 2.24) is 0 Å². The van der Waals surface area contributed by atoms with Gasteiger partial charge >= 0.3 is 0 Å². The van der Waals surface area contributed by atoms with E-state index in [1.807, 2.05) is 0 Å². The average molecular weight is 166 g/mol. The molecule has 0 saturated carbocycles. The van der Waals surface area contributed by atoms with Gasteiger partial charge in [-0.3, -0.25) is 0 Å². The van der Waals surface area contributed by atoms with Gasteiger partial charge in [0.1, 0.15) is 0 Å². The third-order valence-electron chi connectivity index (χ3n) is 1.23. The molecule has 0 aromatic rings. The van der Waals surface area contributed by atoms with Gasteiger partial charge in [0.25, 0.3) is 0 Å². The zero-order chi connectivity index (χ0) is 7.28. The lowest BCUT2D eigenvalue weighted by Gasteiger charge is -2.10. The molecule has 0 aliphatic heterocycles. The van der Waals surface area contributed by atoms with Crippen molar-refractivity contribution in [2.75, 3.05) is 5.75 Å². The lowest BCUT2D eigenvalue weighted by Crippen LogP contribution is -2.14. The first-order valence-corrected chi connectivity index (χ1v) is 4.32. The van der Waals surface area contributed by atoms with Gasteiger partial charge in [0.05, 0.1) is 6.10 Å². The van der Waals surface area contributed by atoms with Crippen molar-refractivity contribution in [3.05, 3.63) is 0 Å². The molecule has 3 heteroatoms. The SMILES string of the molecule is CCC(S)CC(O)CS. The van der Waals surface area contributed by atoms with Crippen molar-refractivity contribution >= 4 is 25.3 Å². The van der Waals surface area contributed by atoms with Crippen LogP contribution in [0.4, 0.5) is 0 Å². The molecular formula is C6H14OS2. The number of hydrogen-bond donors (Lipinski definition) is 3. The number of thiol groups is 2. The monoisotopic (exact) mass is 166 g/mol. The van der Waals surface area contributed by atoms with E-state index in [2.05, 4.69) is 32.2 Å². The molecular weight excluding hydrogens is 152 g/mol. The highest BCUT2D eigenvalue weighted by Gasteiger charge is 2.06. The van der Waals surface area contributed by atoms with Crippen LogP contribution < -0.4 is 0 Å². The average Bonchev–Trinajstić information content (AvgIpc) is 1.87. The molecule has 0 rings (SSSR count). The van der Waals surface area contributed by atoms with Crippen LogP contribution in [0.15, 0.2) is 0 Å². The molecule has 0 amide bonds. The van der Waals surface area contributed by atoms with Gasteiger partial charge in [0.2, 0.25) is 0 Å². The Bertz CT molecular complexity index is 60.1. The number of hydrogen-bond acceptors (Lipinski definition) is 3. The molecule has 2 unspecified atom stereocenters. The molecule has 0 heterocycles. The van der Waals surface area contributed by atoms with Crippen LogP contribution in [0.5, 0.6) is 0 Å². The largest absolute Gasteiger partial charge is 0.392 e. The predicted octanol–water partition coefficient (Wildman–Crippen LogP) is 1.38. The summed E-state index contributed by atoms with van der Waals surface area (Å²) in [6.07, 6.45) is 1.48. The maximum absolute atomic E-state index is 9.03. The maximum atomic E-state index is 9.03. The van der Waals surface area contributed by atoms with Gasteiger partial charge < -0.3 is 5.11 Å². The fourth-order valence-electron chi connectivity index (χ4n) is 0.555. The van der Waals surface area contributed by atoms with Crippen LogP contribution in [-0.4, -0.2) is 22.2 Å². The molecule has 0 fully saturated rings. The van der Waals surface area contributed by atoms with Gasteiger partial charge in [-0.2, -0.15) is 25.3 Å². The predicted molar refractivity (Wildman–Crippen MR) is 47.5 cm³/mol. The standard InChI is InChI=1S/C6H14OS2/c1-2-6(9)3-5(7)4-8/h5-9H,2-4H2,1H3. The van der Waals surface area contributed by atoms with Gasteiger partial charge in [0, 0.05) is 11.0 Å². The highest BCUT2D eigenvalue weighted by molar-refractivity contribution is 7.81. The zero-order valence-electron chi connectivity index (χ0n) is 5.62. The van der Waals surface area contributed by atoms with Crippen molar-refractivity contribution in [1.29, 1.82) is 0 Å². The number of rotatable bonds is 4. The van der Waals surface area contributed by atoms with Crippen LogP contribution in [0, 0.1) is 0 Å². The Morgan fingerprint density at radius 3 is 2.44 bits per heavy atom. The Kier molecular flexibility index (Phi) is 5.84. The van der Waals surface area contributed by atoms with Crippen molar-refractivity contribution < 1.29 is 5.11 Å². The van der Waals surface area contributed by atoms with Crippen molar-refractivity contribution in [3.63, 3.8) is 0 Å². The summed E-state index contributed by atoms with van der Waals surface area (Å²) in [6.45, 7) is 2.06. The van der Waals surface area contributed by atoms with Crippen LogP contribution in [0.25, 0.3) is 0 Å². The van der Waals surface area contributed by atoms with Gasteiger partial charge in [-0.05, 0) is 12.8 Å². The van der Waals surface area contributed by atoms with Crippen LogP contribution in [-0.2, 0) is 0 Å². The van der Waals surface area contributed by atoms with Crippen LogP contribution >= 0.6 is 25.3 Å². The topological polar surface area (TPSA) is 20.2 Å². The van der Waals surface area contributed by atoms with E-state index < -0.39 is 0 Å². The maximum Gasteiger partial charge on any atom is 0.0638 e. The molecule has 0 aliphatic rings. The third-order valence-corrected chi connectivity index (χ3v) is 2.22. The quantitative estimate of drug-likeness (QED) is 0.539. The van der Waals surface area contributed by atoms with Crippen LogP contribution in [0.2, 0.25) is 0 Å². The van der Waals surface area contributed by atoms with E-state index in [1.54, 1.807) is 0 Å². The Morgan fingerprint density at radius 2 is 2.11 bits per heavy atom. The molecule has 1 nitrogen and oxygen atoms in total.